The number of rotatable bonds is 2. The molecular weight excluding hydrogens is 124 g/mol. The van der Waals surface area contributed by atoms with Crippen LogP contribution in [-0.2, 0) is 4.74 Å². The standard InChI is InChI=1S/C9H12O/c1-10-7-9-4-2-8(6-9)3-5-9/h2-5,8H,6-7H2,1H3. The van der Waals surface area contributed by atoms with Gasteiger partial charge in [0.1, 0.15) is 0 Å². The first-order chi connectivity index (χ1) is 4.85. The fourth-order valence-electron chi connectivity index (χ4n) is 1.89. The van der Waals surface area contributed by atoms with Gasteiger partial charge in [0.25, 0.3) is 0 Å². The number of allylic oxidation sites excluding steroid dienone is 2. The first-order valence-corrected chi connectivity index (χ1v) is 3.72. The van der Waals surface area contributed by atoms with E-state index in [2.05, 4.69) is 24.3 Å². The van der Waals surface area contributed by atoms with Crippen molar-refractivity contribution in [1.29, 1.82) is 0 Å². The van der Waals surface area contributed by atoms with E-state index in [9.17, 15) is 0 Å². The van der Waals surface area contributed by atoms with Crippen LogP contribution in [0.1, 0.15) is 6.42 Å². The lowest BCUT2D eigenvalue weighted by Gasteiger charge is -2.18. The molecule has 0 saturated heterocycles. The molecule has 10 heavy (non-hydrogen) atoms. The number of hydrogen-bond donors (Lipinski definition) is 0. The lowest BCUT2D eigenvalue weighted by molar-refractivity contribution is 0.139. The van der Waals surface area contributed by atoms with E-state index in [1.807, 2.05) is 0 Å². The van der Waals surface area contributed by atoms with Gasteiger partial charge in [-0.05, 0) is 12.3 Å². The van der Waals surface area contributed by atoms with Gasteiger partial charge in [0.05, 0.1) is 6.61 Å². The van der Waals surface area contributed by atoms with Gasteiger partial charge in [0.2, 0.25) is 0 Å². The van der Waals surface area contributed by atoms with Crippen LogP contribution in [0.3, 0.4) is 0 Å². The maximum atomic E-state index is 5.14. The molecule has 0 N–H and O–H groups in total. The molecule has 0 aromatic heterocycles. The minimum Gasteiger partial charge on any atom is -0.383 e. The van der Waals surface area contributed by atoms with Crippen molar-refractivity contribution in [1.82, 2.24) is 0 Å². The molecule has 0 radical (unpaired) electrons. The summed E-state index contributed by atoms with van der Waals surface area (Å²) in [5.74, 6) is 0.704. The molecule has 2 rings (SSSR count). The van der Waals surface area contributed by atoms with Gasteiger partial charge >= 0.3 is 0 Å². The normalized spacial score (nSPS) is 41.5. The number of methoxy groups -OCH3 is 1. The van der Waals surface area contributed by atoms with Gasteiger partial charge in [-0.25, -0.2) is 0 Å². The van der Waals surface area contributed by atoms with Gasteiger partial charge in [-0.1, -0.05) is 24.3 Å². The van der Waals surface area contributed by atoms with Crippen molar-refractivity contribution in [2.24, 2.45) is 11.3 Å². The van der Waals surface area contributed by atoms with E-state index in [1.165, 1.54) is 6.42 Å². The summed E-state index contributed by atoms with van der Waals surface area (Å²) in [7, 11) is 1.77. The third kappa shape index (κ3) is 0.739. The van der Waals surface area contributed by atoms with Crippen molar-refractivity contribution in [2.45, 2.75) is 6.42 Å². The van der Waals surface area contributed by atoms with E-state index >= 15 is 0 Å². The summed E-state index contributed by atoms with van der Waals surface area (Å²) in [6.07, 6.45) is 10.3. The summed E-state index contributed by atoms with van der Waals surface area (Å²) in [4.78, 5) is 0. The molecule has 0 atom stereocenters. The van der Waals surface area contributed by atoms with Crippen molar-refractivity contribution >= 4 is 0 Å². The molecule has 0 spiro atoms. The third-order valence-corrected chi connectivity index (χ3v) is 2.38. The third-order valence-electron chi connectivity index (χ3n) is 2.38. The van der Waals surface area contributed by atoms with Crippen molar-refractivity contribution in [3.63, 3.8) is 0 Å². The van der Waals surface area contributed by atoms with E-state index in [0.717, 1.165) is 6.61 Å². The second kappa shape index (κ2) is 1.96. The van der Waals surface area contributed by atoms with Crippen LogP contribution in [-0.4, -0.2) is 13.7 Å². The zero-order valence-electron chi connectivity index (χ0n) is 6.21. The van der Waals surface area contributed by atoms with Crippen molar-refractivity contribution in [2.75, 3.05) is 13.7 Å². The van der Waals surface area contributed by atoms with Crippen LogP contribution in [0.2, 0.25) is 0 Å². The number of hydrogen-bond acceptors (Lipinski definition) is 1. The predicted octanol–water partition coefficient (Wildman–Crippen LogP) is 1.77. The Bertz CT molecular complexity index is 177. The number of ether oxygens (including phenoxy) is 1. The Balaban J connectivity index is 2.16. The molecule has 2 bridgehead atoms. The van der Waals surface area contributed by atoms with Crippen molar-refractivity contribution in [3.05, 3.63) is 24.3 Å². The van der Waals surface area contributed by atoms with Crippen LogP contribution in [0.25, 0.3) is 0 Å². The molecule has 0 aromatic rings. The first kappa shape index (κ1) is 6.17. The van der Waals surface area contributed by atoms with Gasteiger partial charge in [-0.2, -0.15) is 0 Å². The highest BCUT2D eigenvalue weighted by atomic mass is 16.5. The summed E-state index contributed by atoms with van der Waals surface area (Å²) in [5.41, 5.74) is 0.277. The maximum absolute atomic E-state index is 5.14. The Labute approximate surface area is 61.4 Å². The quantitative estimate of drug-likeness (QED) is 0.526. The van der Waals surface area contributed by atoms with E-state index < -0.39 is 0 Å². The fourth-order valence-corrected chi connectivity index (χ4v) is 1.89. The predicted molar refractivity (Wildman–Crippen MR) is 40.7 cm³/mol. The Morgan fingerprint density at radius 1 is 1.50 bits per heavy atom. The van der Waals surface area contributed by atoms with Gasteiger partial charge in [0.15, 0.2) is 0 Å². The Kier molecular flexibility index (Phi) is 1.21. The lowest BCUT2D eigenvalue weighted by Crippen LogP contribution is -2.16. The Morgan fingerprint density at radius 3 is 2.60 bits per heavy atom. The molecule has 0 heterocycles. The van der Waals surface area contributed by atoms with Gasteiger partial charge in [-0.3, -0.25) is 0 Å². The van der Waals surface area contributed by atoms with Crippen LogP contribution < -0.4 is 0 Å². The van der Waals surface area contributed by atoms with Gasteiger partial charge in [-0.15, -0.1) is 0 Å². The van der Waals surface area contributed by atoms with Crippen LogP contribution in [0, 0.1) is 11.3 Å². The smallest absolute Gasteiger partial charge is 0.0588 e. The summed E-state index contributed by atoms with van der Waals surface area (Å²) < 4.78 is 5.14. The van der Waals surface area contributed by atoms with E-state index in [4.69, 9.17) is 4.74 Å². The zero-order chi connectivity index (χ0) is 7.03. The Hall–Kier alpha value is -0.560. The highest BCUT2D eigenvalue weighted by molar-refractivity contribution is 5.29. The molecule has 0 amide bonds. The molecule has 1 heteroatoms. The minimum absolute atomic E-state index is 0.277. The Morgan fingerprint density at radius 2 is 2.20 bits per heavy atom. The molecule has 1 nitrogen and oxygen atoms in total. The fraction of sp³-hybridized carbons (Fsp3) is 0.556. The van der Waals surface area contributed by atoms with Crippen LogP contribution in [0.4, 0.5) is 0 Å². The highest BCUT2D eigenvalue weighted by Crippen LogP contribution is 2.43. The zero-order valence-corrected chi connectivity index (χ0v) is 6.21. The molecule has 2 aliphatic carbocycles. The second-order valence-corrected chi connectivity index (χ2v) is 3.25. The minimum atomic E-state index is 0.277. The average Bonchev–Trinajstić information content (AvgIpc) is 2.46. The molecule has 0 aliphatic heterocycles. The number of fused-ring (bicyclic) bond motifs is 2. The molecule has 0 saturated carbocycles. The highest BCUT2D eigenvalue weighted by Gasteiger charge is 2.35. The van der Waals surface area contributed by atoms with E-state index in [-0.39, 0.29) is 5.41 Å². The monoisotopic (exact) mass is 136 g/mol. The largest absolute Gasteiger partial charge is 0.383 e. The van der Waals surface area contributed by atoms with Crippen molar-refractivity contribution < 1.29 is 4.74 Å². The summed E-state index contributed by atoms with van der Waals surface area (Å²) >= 11 is 0. The molecule has 0 fully saturated rings. The molecule has 2 aliphatic rings. The topological polar surface area (TPSA) is 9.23 Å². The van der Waals surface area contributed by atoms with Crippen LogP contribution >= 0.6 is 0 Å². The SMILES string of the molecule is COCC12C=CC(C=C1)C2. The van der Waals surface area contributed by atoms with E-state index in [1.54, 1.807) is 7.11 Å². The first-order valence-electron chi connectivity index (χ1n) is 3.72. The molecule has 0 unspecified atom stereocenters. The summed E-state index contributed by atoms with van der Waals surface area (Å²) in [5, 5.41) is 0. The maximum Gasteiger partial charge on any atom is 0.0588 e. The van der Waals surface area contributed by atoms with E-state index in [0.29, 0.717) is 5.92 Å². The molecular formula is C9H12O. The second-order valence-electron chi connectivity index (χ2n) is 3.25. The molecule has 54 valence electrons. The summed E-state index contributed by atoms with van der Waals surface area (Å²) in [6.45, 7) is 0.844. The molecule has 0 aromatic carbocycles. The van der Waals surface area contributed by atoms with Crippen LogP contribution in [0.5, 0.6) is 0 Å². The average molecular weight is 136 g/mol. The summed E-state index contributed by atoms with van der Waals surface area (Å²) in [6, 6.07) is 0. The van der Waals surface area contributed by atoms with Crippen LogP contribution in [0.15, 0.2) is 24.3 Å². The van der Waals surface area contributed by atoms with Gasteiger partial charge < -0.3 is 4.74 Å². The van der Waals surface area contributed by atoms with Gasteiger partial charge in [0, 0.05) is 12.5 Å². The lowest BCUT2D eigenvalue weighted by atomic mass is 9.91. The van der Waals surface area contributed by atoms with Crippen molar-refractivity contribution in [3.8, 4) is 0 Å².